The molecule has 0 unspecified atom stereocenters. The Bertz CT molecular complexity index is 635. The fourth-order valence-corrected chi connectivity index (χ4v) is 3.16. The number of aromatic nitrogens is 2. The van der Waals surface area contributed by atoms with Gasteiger partial charge in [0.2, 0.25) is 0 Å². The van der Waals surface area contributed by atoms with Crippen LogP contribution in [0.4, 0.5) is 0 Å². The number of rotatable bonds is 3. The second-order valence-electron chi connectivity index (χ2n) is 5.50. The van der Waals surface area contributed by atoms with Crippen molar-refractivity contribution in [2.45, 2.75) is 13.0 Å². The summed E-state index contributed by atoms with van der Waals surface area (Å²) in [6, 6.07) is 9.90. The molecule has 1 saturated heterocycles. The molecule has 0 aliphatic carbocycles. The van der Waals surface area contributed by atoms with Gasteiger partial charge in [-0.2, -0.15) is 5.10 Å². The molecule has 3 rings (SSSR count). The number of piperazine rings is 1. The molecule has 22 heavy (non-hydrogen) atoms. The van der Waals surface area contributed by atoms with Gasteiger partial charge in [-0.15, -0.1) is 0 Å². The number of benzene rings is 1. The van der Waals surface area contributed by atoms with E-state index in [1.165, 1.54) is 0 Å². The molecule has 0 radical (unpaired) electrons. The zero-order valence-corrected chi connectivity index (χ0v) is 13.3. The largest absolute Gasteiger partial charge is 0.335 e. The van der Waals surface area contributed by atoms with Crippen LogP contribution in [0.25, 0.3) is 0 Å². The minimum Gasteiger partial charge on any atom is -0.335 e. The van der Waals surface area contributed by atoms with E-state index >= 15 is 0 Å². The van der Waals surface area contributed by atoms with E-state index in [0.717, 1.165) is 23.7 Å². The maximum Gasteiger partial charge on any atom is 0.271 e. The number of aromatic amines is 1. The van der Waals surface area contributed by atoms with Gasteiger partial charge in [0.15, 0.2) is 0 Å². The van der Waals surface area contributed by atoms with Gasteiger partial charge in [0.1, 0.15) is 5.69 Å². The lowest BCUT2D eigenvalue weighted by molar-refractivity contribution is 0.0576. The lowest BCUT2D eigenvalue weighted by Gasteiger charge is -2.38. The first-order valence-corrected chi connectivity index (χ1v) is 7.81. The van der Waals surface area contributed by atoms with Gasteiger partial charge in [-0.1, -0.05) is 29.8 Å². The molecular formula is C16H19ClN4O. The first-order chi connectivity index (χ1) is 10.7. The standard InChI is InChI=1S/C16H19ClN4O/c1-12(13-4-2-3-5-14(13)17)20-8-10-21(11-9-20)16(22)15-6-7-18-19-15/h2-7,12H,8-11H2,1H3,(H,18,19)/t12-/m0/s1. The highest BCUT2D eigenvalue weighted by Crippen LogP contribution is 2.27. The Balaban J connectivity index is 1.62. The number of hydrogen-bond donors (Lipinski definition) is 1. The first-order valence-electron chi connectivity index (χ1n) is 7.44. The summed E-state index contributed by atoms with van der Waals surface area (Å²) in [6.45, 7) is 5.27. The number of carbonyl (C=O) groups is 1. The molecule has 6 heteroatoms. The molecule has 1 fully saturated rings. The van der Waals surface area contributed by atoms with Crippen molar-refractivity contribution in [2.75, 3.05) is 26.2 Å². The fraction of sp³-hybridized carbons (Fsp3) is 0.375. The van der Waals surface area contributed by atoms with Crippen LogP contribution in [0, 0.1) is 0 Å². The van der Waals surface area contributed by atoms with Gasteiger partial charge in [0.05, 0.1) is 0 Å². The van der Waals surface area contributed by atoms with Gasteiger partial charge < -0.3 is 4.90 Å². The van der Waals surface area contributed by atoms with Crippen molar-refractivity contribution >= 4 is 17.5 Å². The van der Waals surface area contributed by atoms with Crippen molar-refractivity contribution in [2.24, 2.45) is 0 Å². The molecule has 1 aromatic carbocycles. The predicted octanol–water partition coefficient (Wildman–Crippen LogP) is 2.58. The molecule has 116 valence electrons. The van der Waals surface area contributed by atoms with E-state index in [1.54, 1.807) is 12.3 Å². The van der Waals surface area contributed by atoms with Crippen LogP contribution >= 0.6 is 11.6 Å². The summed E-state index contributed by atoms with van der Waals surface area (Å²) in [5, 5.41) is 7.36. The van der Waals surface area contributed by atoms with E-state index in [0.29, 0.717) is 18.8 Å². The van der Waals surface area contributed by atoms with E-state index in [-0.39, 0.29) is 11.9 Å². The average Bonchev–Trinajstić information content (AvgIpc) is 3.09. The molecule has 1 aliphatic heterocycles. The van der Waals surface area contributed by atoms with E-state index in [4.69, 9.17) is 11.6 Å². The smallest absolute Gasteiger partial charge is 0.271 e. The topological polar surface area (TPSA) is 52.2 Å². The molecule has 0 bridgehead atoms. The third-order valence-electron chi connectivity index (χ3n) is 4.24. The van der Waals surface area contributed by atoms with Gasteiger partial charge in [-0.25, -0.2) is 0 Å². The summed E-state index contributed by atoms with van der Waals surface area (Å²) in [5.41, 5.74) is 1.69. The Hall–Kier alpha value is -1.85. The van der Waals surface area contributed by atoms with Crippen molar-refractivity contribution in [3.63, 3.8) is 0 Å². The predicted molar refractivity (Wildman–Crippen MR) is 85.9 cm³/mol. The van der Waals surface area contributed by atoms with Gasteiger partial charge in [-0.05, 0) is 24.6 Å². The van der Waals surface area contributed by atoms with Gasteiger partial charge in [0, 0.05) is 43.4 Å². The lowest BCUT2D eigenvalue weighted by atomic mass is 10.1. The lowest BCUT2D eigenvalue weighted by Crippen LogP contribution is -2.49. The highest BCUT2D eigenvalue weighted by atomic mass is 35.5. The minimum atomic E-state index is 0.0162. The molecule has 2 heterocycles. The molecule has 2 aromatic rings. The Morgan fingerprint density at radius 2 is 1.95 bits per heavy atom. The number of nitrogens with one attached hydrogen (secondary N) is 1. The summed E-state index contributed by atoms with van der Waals surface area (Å²) in [7, 11) is 0. The van der Waals surface area contributed by atoms with Crippen molar-refractivity contribution in [3.05, 3.63) is 52.8 Å². The second kappa shape index (κ2) is 6.50. The van der Waals surface area contributed by atoms with Crippen molar-refractivity contribution in [1.29, 1.82) is 0 Å². The van der Waals surface area contributed by atoms with Crippen molar-refractivity contribution < 1.29 is 4.79 Å². The maximum atomic E-state index is 12.3. The summed E-state index contributed by atoms with van der Waals surface area (Å²) in [4.78, 5) is 16.5. The summed E-state index contributed by atoms with van der Waals surface area (Å²) < 4.78 is 0. The molecule has 1 aliphatic rings. The molecule has 0 spiro atoms. The average molecular weight is 319 g/mol. The van der Waals surface area contributed by atoms with Gasteiger partial charge in [-0.3, -0.25) is 14.8 Å². The SMILES string of the molecule is C[C@@H](c1ccccc1Cl)N1CCN(C(=O)c2ccn[nH]2)CC1. The molecule has 1 atom stereocenters. The maximum absolute atomic E-state index is 12.3. The van der Waals surface area contributed by atoms with Gasteiger partial charge in [0.25, 0.3) is 5.91 Å². The van der Waals surface area contributed by atoms with Gasteiger partial charge >= 0.3 is 0 Å². The fourth-order valence-electron chi connectivity index (χ4n) is 2.87. The molecule has 0 saturated carbocycles. The van der Waals surface area contributed by atoms with Crippen LogP contribution in [-0.2, 0) is 0 Å². The normalized spacial score (nSPS) is 17.5. The second-order valence-corrected chi connectivity index (χ2v) is 5.90. The molecule has 1 amide bonds. The number of nitrogens with zero attached hydrogens (tertiary/aromatic N) is 3. The summed E-state index contributed by atoms with van der Waals surface area (Å²) in [6.07, 6.45) is 1.60. The van der Waals surface area contributed by atoms with Crippen LogP contribution < -0.4 is 0 Å². The molecule has 5 nitrogen and oxygen atoms in total. The van der Waals surface area contributed by atoms with Crippen LogP contribution in [0.2, 0.25) is 5.02 Å². The highest BCUT2D eigenvalue weighted by molar-refractivity contribution is 6.31. The Morgan fingerprint density at radius 1 is 1.23 bits per heavy atom. The van der Waals surface area contributed by atoms with Crippen LogP contribution in [0.5, 0.6) is 0 Å². The zero-order valence-electron chi connectivity index (χ0n) is 12.5. The van der Waals surface area contributed by atoms with Crippen LogP contribution in [0.15, 0.2) is 36.5 Å². The number of H-pyrrole nitrogens is 1. The molecule has 1 aromatic heterocycles. The number of carbonyl (C=O) groups excluding carboxylic acids is 1. The van der Waals surface area contributed by atoms with Crippen molar-refractivity contribution in [1.82, 2.24) is 20.0 Å². The molecule has 1 N–H and O–H groups in total. The third-order valence-corrected chi connectivity index (χ3v) is 4.58. The Kier molecular flexibility index (Phi) is 4.45. The summed E-state index contributed by atoms with van der Waals surface area (Å²) in [5.74, 6) is 0.0162. The zero-order chi connectivity index (χ0) is 15.5. The number of amides is 1. The van der Waals surface area contributed by atoms with Crippen LogP contribution in [-0.4, -0.2) is 52.1 Å². The number of hydrogen-bond acceptors (Lipinski definition) is 3. The van der Waals surface area contributed by atoms with Crippen LogP contribution in [0.3, 0.4) is 0 Å². The van der Waals surface area contributed by atoms with Crippen molar-refractivity contribution in [3.8, 4) is 0 Å². The third kappa shape index (κ3) is 3.00. The van der Waals surface area contributed by atoms with E-state index in [9.17, 15) is 4.79 Å². The molecular weight excluding hydrogens is 300 g/mol. The first kappa shape index (κ1) is 15.1. The minimum absolute atomic E-state index is 0.0162. The van der Waals surface area contributed by atoms with E-state index in [1.807, 2.05) is 23.1 Å². The monoisotopic (exact) mass is 318 g/mol. The van der Waals surface area contributed by atoms with E-state index in [2.05, 4.69) is 28.1 Å². The summed E-state index contributed by atoms with van der Waals surface area (Å²) >= 11 is 6.28. The van der Waals surface area contributed by atoms with E-state index < -0.39 is 0 Å². The quantitative estimate of drug-likeness (QED) is 0.946. The Labute approximate surface area is 134 Å². The van der Waals surface area contributed by atoms with Crippen LogP contribution in [0.1, 0.15) is 29.0 Å². The highest BCUT2D eigenvalue weighted by Gasteiger charge is 2.26. The number of halogens is 1. The Morgan fingerprint density at radius 3 is 2.59 bits per heavy atom.